The Kier molecular flexibility index (Phi) is 4.16. The first-order valence-electron chi connectivity index (χ1n) is 6.48. The summed E-state index contributed by atoms with van der Waals surface area (Å²) in [5, 5.41) is 8.77. The number of aromatic nitrogens is 2. The Hall–Kier alpha value is -1.88. The van der Waals surface area contributed by atoms with Crippen LogP contribution >= 0.6 is 0 Å². The quantitative estimate of drug-likeness (QED) is 0.863. The molecule has 102 valence electrons. The van der Waals surface area contributed by atoms with Crippen molar-refractivity contribution in [2.75, 3.05) is 13.1 Å². The second-order valence-electron chi connectivity index (χ2n) is 4.59. The molecule has 0 aromatic carbocycles. The van der Waals surface area contributed by atoms with Gasteiger partial charge in [-0.2, -0.15) is 0 Å². The van der Waals surface area contributed by atoms with Gasteiger partial charge < -0.3 is 9.51 Å². The number of fused-ring (bicyclic) bond motifs is 1. The molecule has 0 aliphatic carbocycles. The molecule has 2 heterocycles. The first kappa shape index (κ1) is 13.5. The van der Waals surface area contributed by atoms with Crippen LogP contribution in [0.3, 0.4) is 0 Å². The highest BCUT2D eigenvalue weighted by molar-refractivity contribution is 5.66. The van der Waals surface area contributed by atoms with Gasteiger partial charge in [0.1, 0.15) is 5.65 Å². The van der Waals surface area contributed by atoms with Gasteiger partial charge in [-0.15, -0.1) is 0 Å². The minimum Gasteiger partial charge on any atom is -0.481 e. The van der Waals surface area contributed by atoms with Crippen molar-refractivity contribution in [3.05, 3.63) is 35.8 Å². The van der Waals surface area contributed by atoms with Gasteiger partial charge in [-0.05, 0) is 25.6 Å². The smallest absolute Gasteiger partial charge is 0.304 e. The summed E-state index contributed by atoms with van der Waals surface area (Å²) in [6, 6.07) is 5.92. The van der Waals surface area contributed by atoms with E-state index in [0.29, 0.717) is 6.54 Å². The Morgan fingerprint density at radius 3 is 2.95 bits per heavy atom. The number of carboxylic acid groups (broad SMARTS) is 1. The van der Waals surface area contributed by atoms with Crippen molar-refractivity contribution in [1.29, 1.82) is 0 Å². The number of hydrogen-bond donors (Lipinski definition) is 1. The normalized spacial score (nSPS) is 11.3. The number of nitrogens with zero attached hydrogens (tertiary/aromatic N) is 3. The Balaban J connectivity index is 2.19. The molecule has 19 heavy (non-hydrogen) atoms. The molecule has 5 heteroatoms. The van der Waals surface area contributed by atoms with Gasteiger partial charge in [-0.3, -0.25) is 9.69 Å². The SMILES string of the molecule is CCN(CCC(=O)O)Cc1c(C)nc2ccccn12. The summed E-state index contributed by atoms with van der Waals surface area (Å²) in [6.07, 6.45) is 2.17. The predicted octanol–water partition coefficient (Wildman–Crippen LogP) is 1.94. The number of carbonyl (C=O) groups is 1. The van der Waals surface area contributed by atoms with E-state index in [0.717, 1.165) is 30.1 Å². The molecular weight excluding hydrogens is 242 g/mol. The Labute approximate surface area is 112 Å². The lowest BCUT2D eigenvalue weighted by Crippen LogP contribution is -2.26. The Morgan fingerprint density at radius 1 is 1.47 bits per heavy atom. The first-order valence-corrected chi connectivity index (χ1v) is 6.48. The average Bonchev–Trinajstić information content (AvgIpc) is 2.70. The number of pyridine rings is 1. The van der Waals surface area contributed by atoms with Gasteiger partial charge in [0.2, 0.25) is 0 Å². The Bertz CT molecular complexity index is 577. The minimum atomic E-state index is -0.756. The van der Waals surface area contributed by atoms with Gasteiger partial charge in [0.25, 0.3) is 0 Å². The van der Waals surface area contributed by atoms with E-state index < -0.39 is 5.97 Å². The molecule has 5 nitrogen and oxygen atoms in total. The highest BCUT2D eigenvalue weighted by Crippen LogP contribution is 2.14. The summed E-state index contributed by atoms with van der Waals surface area (Å²) in [6.45, 7) is 6.15. The molecule has 0 aliphatic heterocycles. The van der Waals surface area contributed by atoms with Crippen molar-refractivity contribution in [3.8, 4) is 0 Å². The van der Waals surface area contributed by atoms with Gasteiger partial charge in [-0.25, -0.2) is 4.98 Å². The van der Waals surface area contributed by atoms with Crippen LogP contribution in [-0.4, -0.2) is 38.4 Å². The lowest BCUT2D eigenvalue weighted by atomic mass is 10.3. The van der Waals surface area contributed by atoms with Crippen molar-refractivity contribution in [2.45, 2.75) is 26.8 Å². The van der Waals surface area contributed by atoms with Crippen molar-refractivity contribution in [3.63, 3.8) is 0 Å². The molecule has 0 radical (unpaired) electrons. The lowest BCUT2D eigenvalue weighted by molar-refractivity contribution is -0.137. The van der Waals surface area contributed by atoms with E-state index in [2.05, 4.69) is 14.3 Å². The maximum absolute atomic E-state index is 10.7. The predicted molar refractivity (Wildman–Crippen MR) is 73.1 cm³/mol. The zero-order valence-corrected chi connectivity index (χ0v) is 11.3. The molecule has 0 fully saturated rings. The standard InChI is InChI=1S/C14H19N3O2/c1-3-16(9-7-14(18)19)10-12-11(2)15-13-6-4-5-8-17(12)13/h4-6,8H,3,7,9-10H2,1-2H3,(H,18,19). The third-order valence-corrected chi connectivity index (χ3v) is 3.29. The second kappa shape index (κ2) is 5.84. The molecule has 0 unspecified atom stereocenters. The van der Waals surface area contributed by atoms with Crippen LogP contribution in [0, 0.1) is 6.92 Å². The average molecular weight is 261 g/mol. The van der Waals surface area contributed by atoms with E-state index in [-0.39, 0.29) is 6.42 Å². The van der Waals surface area contributed by atoms with Crippen molar-refractivity contribution < 1.29 is 9.90 Å². The summed E-state index contributed by atoms with van der Waals surface area (Å²) in [5.74, 6) is -0.756. The van der Waals surface area contributed by atoms with Crippen molar-refractivity contribution >= 4 is 11.6 Å². The number of aliphatic carboxylic acids is 1. The third-order valence-electron chi connectivity index (χ3n) is 3.29. The Morgan fingerprint density at radius 2 is 2.26 bits per heavy atom. The topological polar surface area (TPSA) is 57.8 Å². The second-order valence-corrected chi connectivity index (χ2v) is 4.59. The number of hydrogen-bond acceptors (Lipinski definition) is 3. The molecule has 0 saturated heterocycles. The van der Waals surface area contributed by atoms with Crippen LogP contribution in [0.1, 0.15) is 24.7 Å². The van der Waals surface area contributed by atoms with Crippen LogP contribution < -0.4 is 0 Å². The molecule has 1 N–H and O–H groups in total. The van der Waals surface area contributed by atoms with E-state index in [9.17, 15) is 4.79 Å². The van der Waals surface area contributed by atoms with Crippen molar-refractivity contribution in [1.82, 2.24) is 14.3 Å². The van der Waals surface area contributed by atoms with Crippen molar-refractivity contribution in [2.24, 2.45) is 0 Å². The number of rotatable bonds is 6. The molecule has 0 aliphatic rings. The van der Waals surface area contributed by atoms with E-state index in [1.165, 1.54) is 0 Å². The molecule has 2 aromatic heterocycles. The first-order chi connectivity index (χ1) is 9.11. The molecule has 0 bridgehead atoms. The fraction of sp³-hybridized carbons (Fsp3) is 0.429. The summed E-state index contributed by atoms with van der Waals surface area (Å²) in [4.78, 5) is 17.3. The molecule has 0 spiro atoms. The fourth-order valence-electron chi connectivity index (χ4n) is 2.17. The summed E-state index contributed by atoms with van der Waals surface area (Å²) in [5.41, 5.74) is 3.06. The molecule has 0 saturated carbocycles. The largest absolute Gasteiger partial charge is 0.481 e. The van der Waals surface area contributed by atoms with Gasteiger partial charge in [-0.1, -0.05) is 13.0 Å². The summed E-state index contributed by atoms with van der Waals surface area (Å²) < 4.78 is 2.07. The molecule has 0 amide bonds. The van der Waals surface area contributed by atoms with Crippen LogP contribution in [0.2, 0.25) is 0 Å². The van der Waals surface area contributed by atoms with Crippen LogP contribution in [0.25, 0.3) is 5.65 Å². The van der Waals surface area contributed by atoms with Gasteiger partial charge in [0.05, 0.1) is 17.8 Å². The zero-order chi connectivity index (χ0) is 13.8. The number of carboxylic acids is 1. The van der Waals surface area contributed by atoms with Crippen LogP contribution in [0.4, 0.5) is 0 Å². The zero-order valence-electron chi connectivity index (χ0n) is 11.3. The van der Waals surface area contributed by atoms with Gasteiger partial charge >= 0.3 is 5.97 Å². The lowest BCUT2D eigenvalue weighted by Gasteiger charge is -2.19. The van der Waals surface area contributed by atoms with Crippen LogP contribution in [0.15, 0.2) is 24.4 Å². The van der Waals surface area contributed by atoms with Gasteiger partial charge in [0, 0.05) is 19.3 Å². The van der Waals surface area contributed by atoms with E-state index in [1.807, 2.05) is 38.2 Å². The number of imidazole rings is 1. The van der Waals surface area contributed by atoms with Crippen LogP contribution in [-0.2, 0) is 11.3 Å². The summed E-state index contributed by atoms with van der Waals surface area (Å²) >= 11 is 0. The van der Waals surface area contributed by atoms with E-state index in [1.54, 1.807) is 0 Å². The third kappa shape index (κ3) is 3.12. The fourth-order valence-corrected chi connectivity index (χ4v) is 2.17. The summed E-state index contributed by atoms with van der Waals surface area (Å²) in [7, 11) is 0. The van der Waals surface area contributed by atoms with E-state index in [4.69, 9.17) is 5.11 Å². The van der Waals surface area contributed by atoms with Gasteiger partial charge in [0.15, 0.2) is 0 Å². The maximum Gasteiger partial charge on any atom is 0.304 e. The molecule has 0 atom stereocenters. The monoisotopic (exact) mass is 261 g/mol. The molecular formula is C14H19N3O2. The highest BCUT2D eigenvalue weighted by Gasteiger charge is 2.12. The highest BCUT2D eigenvalue weighted by atomic mass is 16.4. The van der Waals surface area contributed by atoms with E-state index >= 15 is 0 Å². The minimum absolute atomic E-state index is 0.170. The number of aryl methyl sites for hydroxylation is 1. The van der Waals surface area contributed by atoms with Crippen LogP contribution in [0.5, 0.6) is 0 Å². The maximum atomic E-state index is 10.7. The molecule has 2 rings (SSSR count). The molecule has 2 aromatic rings.